The molecule has 0 unspecified atom stereocenters. The Balaban J connectivity index is 2.55. The summed E-state index contributed by atoms with van der Waals surface area (Å²) in [5, 5.41) is 0. The molecule has 0 N–H and O–H groups in total. The largest absolute Gasteiger partial charge is 0.295 e. The maximum atomic E-state index is 10.8. The fourth-order valence-corrected chi connectivity index (χ4v) is 2.12. The van der Waals surface area contributed by atoms with E-state index >= 15 is 0 Å². The molecule has 0 radical (unpaired) electrons. The Labute approximate surface area is 93.3 Å². The standard InChI is InChI=1S/C14H22O/c1-3-13(10-9-12(2)15)11-14-7-5-4-6-8-14/h9-11,14H,3-8H2,1-2H3/b10-9+,13-11+. The fourth-order valence-electron chi connectivity index (χ4n) is 2.12. The lowest BCUT2D eigenvalue weighted by atomic mass is 9.87. The predicted octanol–water partition coefficient (Wildman–Crippen LogP) is 4.05. The summed E-state index contributed by atoms with van der Waals surface area (Å²) in [7, 11) is 0. The molecule has 0 atom stereocenters. The molecule has 0 heterocycles. The van der Waals surface area contributed by atoms with E-state index in [9.17, 15) is 4.79 Å². The number of hydrogen-bond donors (Lipinski definition) is 0. The van der Waals surface area contributed by atoms with E-state index in [4.69, 9.17) is 0 Å². The van der Waals surface area contributed by atoms with E-state index in [1.54, 1.807) is 13.0 Å². The summed E-state index contributed by atoms with van der Waals surface area (Å²) in [5.74, 6) is 0.892. The normalized spacial score (nSPS) is 19.7. The number of rotatable bonds is 4. The predicted molar refractivity (Wildman–Crippen MR) is 64.8 cm³/mol. The van der Waals surface area contributed by atoms with E-state index in [0.29, 0.717) is 0 Å². The summed E-state index contributed by atoms with van der Waals surface area (Å²) in [6, 6.07) is 0. The molecule has 15 heavy (non-hydrogen) atoms. The highest BCUT2D eigenvalue weighted by Gasteiger charge is 2.10. The van der Waals surface area contributed by atoms with Crippen molar-refractivity contribution in [1.29, 1.82) is 0 Å². The smallest absolute Gasteiger partial charge is 0.152 e. The zero-order valence-electron chi connectivity index (χ0n) is 9.96. The van der Waals surface area contributed by atoms with Crippen LogP contribution in [0, 0.1) is 5.92 Å². The number of hydrogen-bond acceptors (Lipinski definition) is 1. The van der Waals surface area contributed by atoms with Gasteiger partial charge in [-0.15, -0.1) is 0 Å². The number of allylic oxidation sites excluding steroid dienone is 4. The molecule has 1 heteroatoms. The molecule has 1 aliphatic carbocycles. The Morgan fingerprint density at radius 2 is 1.87 bits per heavy atom. The summed E-state index contributed by atoms with van der Waals surface area (Å²) in [5.41, 5.74) is 1.32. The molecule has 0 aromatic carbocycles. The average molecular weight is 206 g/mol. The number of carbonyl (C=O) groups is 1. The van der Waals surface area contributed by atoms with Gasteiger partial charge in [-0.25, -0.2) is 0 Å². The van der Waals surface area contributed by atoms with E-state index in [0.717, 1.165) is 12.3 Å². The first-order valence-corrected chi connectivity index (χ1v) is 6.11. The molecule has 1 saturated carbocycles. The molecule has 0 bridgehead atoms. The van der Waals surface area contributed by atoms with Crippen LogP contribution < -0.4 is 0 Å². The van der Waals surface area contributed by atoms with Gasteiger partial charge in [0.1, 0.15) is 0 Å². The van der Waals surface area contributed by atoms with E-state index in [1.165, 1.54) is 37.7 Å². The minimum absolute atomic E-state index is 0.137. The second-order valence-electron chi connectivity index (χ2n) is 4.44. The average Bonchev–Trinajstić information content (AvgIpc) is 2.25. The highest BCUT2D eigenvalue weighted by molar-refractivity contribution is 5.87. The third-order valence-corrected chi connectivity index (χ3v) is 3.04. The van der Waals surface area contributed by atoms with Crippen LogP contribution in [0.4, 0.5) is 0 Å². The lowest BCUT2D eigenvalue weighted by molar-refractivity contribution is -0.112. The van der Waals surface area contributed by atoms with Crippen LogP contribution in [0.3, 0.4) is 0 Å². The van der Waals surface area contributed by atoms with Gasteiger partial charge in [0, 0.05) is 0 Å². The molecule has 1 rings (SSSR count). The molecule has 1 nitrogen and oxygen atoms in total. The van der Waals surface area contributed by atoms with Gasteiger partial charge in [-0.1, -0.05) is 43.9 Å². The van der Waals surface area contributed by atoms with Crippen molar-refractivity contribution in [2.75, 3.05) is 0 Å². The van der Waals surface area contributed by atoms with Gasteiger partial charge in [0.2, 0.25) is 0 Å². The highest BCUT2D eigenvalue weighted by Crippen LogP contribution is 2.26. The summed E-state index contributed by atoms with van der Waals surface area (Å²) < 4.78 is 0. The Morgan fingerprint density at radius 1 is 1.20 bits per heavy atom. The topological polar surface area (TPSA) is 17.1 Å². The molecule has 1 fully saturated rings. The molecular formula is C14H22O. The van der Waals surface area contributed by atoms with Gasteiger partial charge >= 0.3 is 0 Å². The molecular weight excluding hydrogens is 184 g/mol. The van der Waals surface area contributed by atoms with Crippen molar-refractivity contribution >= 4 is 5.78 Å². The zero-order valence-corrected chi connectivity index (χ0v) is 9.96. The molecule has 0 saturated heterocycles. The van der Waals surface area contributed by atoms with Gasteiger partial charge < -0.3 is 0 Å². The quantitative estimate of drug-likeness (QED) is 0.501. The Morgan fingerprint density at radius 3 is 2.40 bits per heavy atom. The maximum absolute atomic E-state index is 10.8. The molecule has 0 spiro atoms. The first-order chi connectivity index (χ1) is 7.22. The van der Waals surface area contributed by atoms with Crippen LogP contribution in [0.25, 0.3) is 0 Å². The van der Waals surface area contributed by atoms with Crippen molar-refractivity contribution < 1.29 is 4.79 Å². The zero-order chi connectivity index (χ0) is 11.1. The van der Waals surface area contributed by atoms with Crippen LogP contribution >= 0.6 is 0 Å². The molecule has 1 aliphatic rings. The van der Waals surface area contributed by atoms with E-state index in [2.05, 4.69) is 13.0 Å². The molecule has 0 amide bonds. The van der Waals surface area contributed by atoms with Crippen molar-refractivity contribution in [2.24, 2.45) is 5.92 Å². The minimum atomic E-state index is 0.137. The van der Waals surface area contributed by atoms with Crippen molar-refractivity contribution in [1.82, 2.24) is 0 Å². The minimum Gasteiger partial charge on any atom is -0.295 e. The van der Waals surface area contributed by atoms with Crippen LogP contribution in [-0.2, 0) is 4.79 Å². The first-order valence-electron chi connectivity index (χ1n) is 6.11. The van der Waals surface area contributed by atoms with Crippen molar-refractivity contribution in [3.63, 3.8) is 0 Å². The second kappa shape index (κ2) is 6.60. The van der Waals surface area contributed by atoms with Crippen molar-refractivity contribution in [2.45, 2.75) is 52.4 Å². The monoisotopic (exact) mass is 206 g/mol. The lowest BCUT2D eigenvalue weighted by Crippen LogP contribution is -2.03. The summed E-state index contributed by atoms with van der Waals surface area (Å²) >= 11 is 0. The van der Waals surface area contributed by atoms with Crippen LogP contribution in [0.2, 0.25) is 0 Å². The molecule has 0 aromatic heterocycles. The van der Waals surface area contributed by atoms with Crippen LogP contribution in [0.15, 0.2) is 23.8 Å². The lowest BCUT2D eigenvalue weighted by Gasteiger charge is -2.18. The summed E-state index contributed by atoms with van der Waals surface area (Å²) in [6.07, 6.45) is 13.9. The third kappa shape index (κ3) is 4.96. The van der Waals surface area contributed by atoms with Gasteiger partial charge in [-0.05, 0) is 38.2 Å². The maximum Gasteiger partial charge on any atom is 0.152 e. The Kier molecular flexibility index (Phi) is 5.38. The Hall–Kier alpha value is -0.850. The van der Waals surface area contributed by atoms with Gasteiger partial charge in [0.15, 0.2) is 5.78 Å². The highest BCUT2D eigenvalue weighted by atomic mass is 16.1. The Bertz CT molecular complexity index is 255. The molecule has 0 aromatic rings. The summed E-state index contributed by atoms with van der Waals surface area (Å²) in [6.45, 7) is 3.75. The van der Waals surface area contributed by atoms with Crippen LogP contribution in [0.5, 0.6) is 0 Å². The first kappa shape index (κ1) is 12.2. The van der Waals surface area contributed by atoms with Crippen LogP contribution in [-0.4, -0.2) is 5.78 Å². The van der Waals surface area contributed by atoms with Gasteiger partial charge in [0.25, 0.3) is 0 Å². The van der Waals surface area contributed by atoms with Crippen molar-refractivity contribution in [3.8, 4) is 0 Å². The number of ketones is 1. The van der Waals surface area contributed by atoms with Crippen molar-refractivity contribution in [3.05, 3.63) is 23.8 Å². The van der Waals surface area contributed by atoms with Gasteiger partial charge in [-0.3, -0.25) is 4.79 Å². The second-order valence-corrected chi connectivity index (χ2v) is 4.44. The SMILES string of the molecule is CCC(/C=C/C(C)=O)=C\C1CCCCC1. The number of carbonyl (C=O) groups excluding carboxylic acids is 1. The van der Waals surface area contributed by atoms with Crippen LogP contribution in [0.1, 0.15) is 52.4 Å². The summed E-state index contributed by atoms with van der Waals surface area (Å²) in [4.78, 5) is 10.8. The third-order valence-electron chi connectivity index (χ3n) is 3.04. The van der Waals surface area contributed by atoms with Gasteiger partial charge in [0.05, 0.1) is 0 Å². The van der Waals surface area contributed by atoms with E-state index in [-0.39, 0.29) is 5.78 Å². The molecule has 84 valence electrons. The van der Waals surface area contributed by atoms with E-state index in [1.807, 2.05) is 6.08 Å². The van der Waals surface area contributed by atoms with Gasteiger partial charge in [-0.2, -0.15) is 0 Å². The molecule has 0 aliphatic heterocycles. The van der Waals surface area contributed by atoms with E-state index < -0.39 is 0 Å². The fraction of sp³-hybridized carbons (Fsp3) is 0.643.